The number of halogens is 1. The van der Waals surface area contributed by atoms with Gasteiger partial charge in [0.1, 0.15) is 0 Å². The van der Waals surface area contributed by atoms with E-state index < -0.39 is 0 Å². The van der Waals surface area contributed by atoms with E-state index in [1.165, 1.54) is 23.1 Å². The van der Waals surface area contributed by atoms with Gasteiger partial charge >= 0.3 is 0 Å². The number of thioether (sulfide) groups is 2. The topological polar surface area (TPSA) is 67.2 Å². The van der Waals surface area contributed by atoms with Gasteiger partial charge in [0.15, 0.2) is 8.68 Å². The summed E-state index contributed by atoms with van der Waals surface area (Å²) in [6, 6.07) is 9.76. The van der Waals surface area contributed by atoms with Crippen LogP contribution in [0.15, 0.2) is 49.5 Å². The molecule has 0 unspecified atom stereocenters. The van der Waals surface area contributed by atoms with Crippen molar-refractivity contribution in [3.63, 3.8) is 0 Å². The molecule has 3 aromatic rings. The summed E-state index contributed by atoms with van der Waals surface area (Å²) in [4.78, 5) is 12.9. The van der Waals surface area contributed by atoms with E-state index >= 15 is 0 Å². The second kappa shape index (κ2) is 10.2. The Bertz CT molecular complexity index is 940. The van der Waals surface area contributed by atoms with Gasteiger partial charge in [-0.05, 0) is 35.6 Å². The summed E-state index contributed by atoms with van der Waals surface area (Å²) in [5.74, 6) is 0.798. The maximum atomic E-state index is 11.9. The molecule has 1 N–H and O–H groups in total. The summed E-state index contributed by atoms with van der Waals surface area (Å²) in [7, 11) is 0. The lowest BCUT2D eigenvalue weighted by molar-refractivity contribution is -0.118. The number of aromatic nitrogens is 2. The first-order valence-corrected chi connectivity index (χ1v) is 11.8. The van der Waals surface area contributed by atoms with E-state index in [-0.39, 0.29) is 11.7 Å². The normalized spacial score (nSPS) is 11.2. The number of hydrazone groups is 1. The monoisotopic (exact) mass is 454 g/mol. The molecule has 140 valence electrons. The van der Waals surface area contributed by atoms with Crippen LogP contribution in [0, 0.1) is 6.92 Å². The maximum Gasteiger partial charge on any atom is 0.250 e. The van der Waals surface area contributed by atoms with Gasteiger partial charge in [0, 0.05) is 15.7 Å². The maximum absolute atomic E-state index is 11.9. The SMILES string of the molecule is Cc1ccsc1/C=N/NC(=O)CSc1nnc(SCc2ccccc2Cl)s1. The van der Waals surface area contributed by atoms with E-state index in [1.54, 1.807) is 29.3 Å². The molecule has 0 saturated carbocycles. The van der Waals surface area contributed by atoms with Crippen molar-refractivity contribution in [3.8, 4) is 0 Å². The molecular weight excluding hydrogens is 440 g/mol. The largest absolute Gasteiger partial charge is 0.272 e. The molecule has 1 aromatic carbocycles. The van der Waals surface area contributed by atoms with Crippen molar-refractivity contribution in [2.24, 2.45) is 5.10 Å². The predicted molar refractivity (Wildman–Crippen MR) is 116 cm³/mol. The second-order valence-electron chi connectivity index (χ2n) is 5.26. The Morgan fingerprint density at radius 3 is 2.78 bits per heavy atom. The minimum atomic E-state index is -0.175. The molecule has 0 radical (unpaired) electrons. The number of hydrogen-bond acceptors (Lipinski definition) is 8. The molecular formula is C17H15ClN4OS4. The minimum Gasteiger partial charge on any atom is -0.272 e. The Balaban J connectivity index is 1.42. The third-order valence-electron chi connectivity index (χ3n) is 3.30. The van der Waals surface area contributed by atoms with Crippen LogP contribution >= 0.6 is 57.8 Å². The van der Waals surface area contributed by atoms with Crippen molar-refractivity contribution in [3.05, 3.63) is 56.7 Å². The van der Waals surface area contributed by atoms with Crippen LogP contribution in [0.3, 0.4) is 0 Å². The van der Waals surface area contributed by atoms with Crippen LogP contribution in [0.2, 0.25) is 5.02 Å². The molecule has 27 heavy (non-hydrogen) atoms. The summed E-state index contributed by atoms with van der Waals surface area (Å²) >= 11 is 12.1. The van der Waals surface area contributed by atoms with Crippen molar-refractivity contribution >= 4 is 69.9 Å². The number of thiophene rings is 1. The van der Waals surface area contributed by atoms with E-state index in [0.717, 1.165) is 35.5 Å². The second-order valence-corrected chi connectivity index (χ2v) is 10.0. The van der Waals surface area contributed by atoms with Gasteiger partial charge in [0.05, 0.1) is 12.0 Å². The Kier molecular flexibility index (Phi) is 7.71. The Morgan fingerprint density at radius 2 is 2.04 bits per heavy atom. The number of nitrogens with one attached hydrogen (secondary N) is 1. The highest BCUT2D eigenvalue weighted by atomic mass is 35.5. The van der Waals surface area contributed by atoms with Crippen molar-refractivity contribution in [2.45, 2.75) is 21.4 Å². The molecule has 0 aliphatic rings. The van der Waals surface area contributed by atoms with E-state index in [9.17, 15) is 4.79 Å². The minimum absolute atomic E-state index is 0.175. The fourth-order valence-corrected chi connectivity index (χ4v) is 5.79. The van der Waals surface area contributed by atoms with Crippen LogP contribution < -0.4 is 5.43 Å². The Labute approximate surface area is 178 Å². The summed E-state index contributed by atoms with van der Waals surface area (Å²) < 4.78 is 1.61. The molecule has 0 bridgehead atoms. The van der Waals surface area contributed by atoms with Gasteiger partial charge in [-0.15, -0.1) is 21.5 Å². The molecule has 2 heterocycles. The third-order valence-corrected chi connectivity index (χ3v) is 7.86. The predicted octanol–water partition coefficient (Wildman–Crippen LogP) is 5.10. The van der Waals surface area contributed by atoms with Gasteiger partial charge in [-0.25, -0.2) is 5.43 Å². The van der Waals surface area contributed by atoms with Crippen LogP contribution in [-0.2, 0) is 10.5 Å². The fourth-order valence-electron chi connectivity index (χ4n) is 1.91. The lowest BCUT2D eigenvalue weighted by atomic mass is 10.2. The van der Waals surface area contributed by atoms with Crippen LogP contribution in [0.5, 0.6) is 0 Å². The van der Waals surface area contributed by atoms with E-state index in [4.69, 9.17) is 11.6 Å². The molecule has 3 rings (SSSR count). The standard InChI is InChI=1S/C17H15ClN4OS4/c1-11-6-7-24-14(11)8-19-20-15(23)10-26-17-22-21-16(27-17)25-9-12-4-2-3-5-13(12)18/h2-8H,9-10H2,1H3,(H,20,23)/b19-8+. The average molecular weight is 455 g/mol. The number of aryl methyl sites for hydroxylation is 1. The van der Waals surface area contributed by atoms with E-state index in [1.807, 2.05) is 42.6 Å². The fraction of sp³-hybridized carbons (Fsp3) is 0.176. The molecule has 0 atom stereocenters. The van der Waals surface area contributed by atoms with Gasteiger partial charge in [0.25, 0.3) is 5.91 Å². The molecule has 0 spiro atoms. The molecule has 0 fully saturated rings. The zero-order valence-electron chi connectivity index (χ0n) is 14.2. The van der Waals surface area contributed by atoms with Crippen LogP contribution in [0.1, 0.15) is 16.0 Å². The van der Waals surface area contributed by atoms with Gasteiger partial charge in [-0.1, -0.05) is 64.7 Å². The Morgan fingerprint density at radius 1 is 1.26 bits per heavy atom. The summed E-state index contributed by atoms with van der Waals surface area (Å²) in [5, 5.41) is 15.0. The summed E-state index contributed by atoms with van der Waals surface area (Å²) in [6.45, 7) is 2.01. The highest BCUT2D eigenvalue weighted by Crippen LogP contribution is 2.32. The van der Waals surface area contributed by atoms with Crippen LogP contribution in [-0.4, -0.2) is 28.1 Å². The smallest absolute Gasteiger partial charge is 0.250 e. The van der Waals surface area contributed by atoms with Gasteiger partial charge in [-0.2, -0.15) is 5.10 Å². The van der Waals surface area contributed by atoms with E-state index in [0.29, 0.717) is 0 Å². The number of carbonyl (C=O) groups is 1. The van der Waals surface area contributed by atoms with Crippen molar-refractivity contribution in [2.75, 3.05) is 5.75 Å². The highest BCUT2D eigenvalue weighted by Gasteiger charge is 2.09. The molecule has 5 nitrogen and oxygen atoms in total. The molecule has 0 aliphatic carbocycles. The summed E-state index contributed by atoms with van der Waals surface area (Å²) in [6.07, 6.45) is 1.66. The zero-order chi connectivity index (χ0) is 19.1. The first kappa shape index (κ1) is 20.3. The number of carbonyl (C=O) groups excluding carboxylic acids is 1. The molecule has 0 saturated heterocycles. The summed E-state index contributed by atoms with van der Waals surface area (Å²) in [5.41, 5.74) is 4.73. The third kappa shape index (κ3) is 6.32. The van der Waals surface area contributed by atoms with Crippen molar-refractivity contribution in [1.82, 2.24) is 15.6 Å². The van der Waals surface area contributed by atoms with Gasteiger partial charge < -0.3 is 0 Å². The van der Waals surface area contributed by atoms with Gasteiger partial charge in [-0.3, -0.25) is 4.79 Å². The van der Waals surface area contributed by atoms with Crippen molar-refractivity contribution < 1.29 is 4.79 Å². The first-order valence-electron chi connectivity index (χ1n) is 7.80. The Hall–Kier alpha value is -1.39. The average Bonchev–Trinajstić information content (AvgIpc) is 3.28. The van der Waals surface area contributed by atoms with E-state index in [2.05, 4.69) is 20.7 Å². The molecule has 2 aromatic heterocycles. The molecule has 10 heteroatoms. The zero-order valence-corrected chi connectivity index (χ0v) is 18.2. The van der Waals surface area contributed by atoms with Gasteiger partial charge in [0.2, 0.25) is 0 Å². The number of amides is 1. The number of hydrogen-bond donors (Lipinski definition) is 1. The lowest BCUT2D eigenvalue weighted by Gasteiger charge is -2.00. The lowest BCUT2D eigenvalue weighted by Crippen LogP contribution is -2.19. The molecule has 1 amide bonds. The molecule has 0 aliphatic heterocycles. The number of nitrogens with zero attached hydrogens (tertiary/aromatic N) is 3. The van der Waals surface area contributed by atoms with Crippen LogP contribution in [0.25, 0.3) is 0 Å². The van der Waals surface area contributed by atoms with Crippen molar-refractivity contribution in [1.29, 1.82) is 0 Å². The number of rotatable bonds is 8. The van der Waals surface area contributed by atoms with Crippen LogP contribution in [0.4, 0.5) is 0 Å². The first-order chi connectivity index (χ1) is 13.1. The highest BCUT2D eigenvalue weighted by molar-refractivity contribution is 8.03. The quantitative estimate of drug-likeness (QED) is 0.291. The number of benzene rings is 1.